The average molecular weight is 378 g/mol. The third-order valence-electron chi connectivity index (χ3n) is 6.03. The highest BCUT2D eigenvalue weighted by Gasteiger charge is 2.36. The second-order valence-corrected chi connectivity index (χ2v) is 7.85. The average Bonchev–Trinajstić information content (AvgIpc) is 3.22. The number of benzene rings is 1. The number of hydrogen-bond donors (Lipinski definition) is 0. The van der Waals surface area contributed by atoms with Gasteiger partial charge in [0.2, 0.25) is 0 Å². The summed E-state index contributed by atoms with van der Waals surface area (Å²) >= 11 is 0. The zero-order valence-corrected chi connectivity index (χ0v) is 16.9. The second-order valence-electron chi connectivity index (χ2n) is 7.85. The van der Waals surface area contributed by atoms with E-state index in [1.165, 1.54) is 11.3 Å². The summed E-state index contributed by atoms with van der Waals surface area (Å²) in [5.74, 6) is 0.201. The first-order valence-electron chi connectivity index (χ1n) is 10.2. The molecule has 0 spiro atoms. The van der Waals surface area contributed by atoms with Gasteiger partial charge in [-0.15, -0.1) is 0 Å². The normalized spacial score (nSPS) is 19.1. The molecular weight excluding hydrogens is 349 g/mol. The van der Waals surface area contributed by atoms with Gasteiger partial charge in [0, 0.05) is 24.4 Å². The lowest BCUT2D eigenvalue weighted by Gasteiger charge is -2.29. The van der Waals surface area contributed by atoms with Gasteiger partial charge in [-0.2, -0.15) is 0 Å². The van der Waals surface area contributed by atoms with E-state index in [9.17, 15) is 4.39 Å². The van der Waals surface area contributed by atoms with Crippen molar-refractivity contribution in [3.63, 3.8) is 0 Å². The molecule has 28 heavy (non-hydrogen) atoms. The molecule has 1 aliphatic heterocycles. The zero-order valence-electron chi connectivity index (χ0n) is 16.9. The number of aromatic nitrogens is 2. The summed E-state index contributed by atoms with van der Waals surface area (Å²) in [6.07, 6.45) is 10.9. The first kappa shape index (κ1) is 18.7. The monoisotopic (exact) mass is 377 g/mol. The predicted molar refractivity (Wildman–Crippen MR) is 114 cm³/mol. The molecule has 1 aliphatic carbocycles. The Labute approximate surface area is 166 Å². The van der Waals surface area contributed by atoms with Crippen LogP contribution in [-0.2, 0) is 0 Å². The number of nitrogens with zero attached hydrogens (tertiary/aromatic N) is 3. The lowest BCUT2D eigenvalue weighted by atomic mass is 9.89. The van der Waals surface area contributed by atoms with Crippen molar-refractivity contribution < 1.29 is 4.39 Å². The molecule has 1 aromatic carbocycles. The van der Waals surface area contributed by atoms with Crippen molar-refractivity contribution in [1.29, 1.82) is 0 Å². The Bertz CT molecular complexity index is 933. The number of allylic oxidation sites excluding steroid dienone is 6. The molecule has 4 heteroatoms. The Hall–Kier alpha value is -2.62. The molecule has 0 bridgehead atoms. The van der Waals surface area contributed by atoms with Gasteiger partial charge in [0.25, 0.3) is 0 Å². The molecule has 0 amide bonds. The maximum atomic E-state index is 14.9. The zero-order chi connectivity index (χ0) is 19.7. The third-order valence-corrected chi connectivity index (χ3v) is 6.03. The van der Waals surface area contributed by atoms with Crippen molar-refractivity contribution in [3.05, 3.63) is 77.7 Å². The highest BCUT2D eigenvalue weighted by atomic mass is 19.1. The molecule has 0 fully saturated rings. The molecule has 0 saturated carbocycles. The van der Waals surface area contributed by atoms with Crippen molar-refractivity contribution in [2.24, 2.45) is 5.92 Å². The summed E-state index contributed by atoms with van der Waals surface area (Å²) in [7, 11) is 0. The van der Waals surface area contributed by atoms with Gasteiger partial charge in [-0.25, -0.2) is 9.37 Å². The van der Waals surface area contributed by atoms with Crippen molar-refractivity contribution in [2.45, 2.75) is 39.7 Å². The quantitative estimate of drug-likeness (QED) is 0.628. The van der Waals surface area contributed by atoms with E-state index in [1.807, 2.05) is 24.7 Å². The highest BCUT2D eigenvalue weighted by Crippen LogP contribution is 2.47. The van der Waals surface area contributed by atoms with Crippen LogP contribution in [0.4, 0.5) is 10.1 Å². The maximum Gasteiger partial charge on any atom is 0.128 e. The Morgan fingerprint density at radius 2 is 2.07 bits per heavy atom. The van der Waals surface area contributed by atoms with E-state index < -0.39 is 0 Å². The van der Waals surface area contributed by atoms with Gasteiger partial charge >= 0.3 is 0 Å². The first-order valence-corrected chi connectivity index (χ1v) is 10.2. The standard InChI is InChI=1S/C24H28FN3/c1-4-27(19-11-9-17(2)10-12-19)14-13-18(3)24-23-20(7-5-6-8-21(23)25)22-15-26-16-28(22)24/h5-6,8-12,15-16,18,24H,4,7,13-14H2,1-3H3. The van der Waals surface area contributed by atoms with Gasteiger partial charge in [0.05, 0.1) is 24.3 Å². The van der Waals surface area contributed by atoms with Crippen LogP contribution in [0.15, 0.2) is 66.4 Å². The molecule has 0 saturated heterocycles. The van der Waals surface area contributed by atoms with E-state index in [-0.39, 0.29) is 11.9 Å². The SMILES string of the molecule is CCN(CCC(C)C1C2=C(CC=CC=C2F)c2cncn21)c1ccc(C)cc1. The topological polar surface area (TPSA) is 21.1 Å². The maximum absolute atomic E-state index is 14.9. The van der Waals surface area contributed by atoms with Gasteiger partial charge in [-0.1, -0.05) is 36.8 Å². The van der Waals surface area contributed by atoms with E-state index in [0.29, 0.717) is 5.92 Å². The van der Waals surface area contributed by atoms with Gasteiger partial charge in [0.15, 0.2) is 0 Å². The number of anilines is 1. The van der Waals surface area contributed by atoms with Gasteiger partial charge in [-0.05, 0) is 56.4 Å². The summed E-state index contributed by atoms with van der Waals surface area (Å²) in [4.78, 5) is 6.74. The smallest absolute Gasteiger partial charge is 0.128 e. The number of aryl methyl sites for hydroxylation is 1. The Morgan fingerprint density at radius 3 is 2.82 bits per heavy atom. The minimum atomic E-state index is -0.102. The van der Waals surface area contributed by atoms with Crippen LogP contribution >= 0.6 is 0 Å². The number of halogens is 1. The fraction of sp³-hybridized carbons (Fsp3) is 0.375. The van der Waals surface area contributed by atoms with Crippen molar-refractivity contribution in [1.82, 2.24) is 9.55 Å². The Kier molecular flexibility index (Phi) is 5.21. The molecular formula is C24H28FN3. The number of fused-ring (bicyclic) bond motifs is 2. The van der Waals surface area contributed by atoms with Crippen LogP contribution < -0.4 is 4.90 Å². The molecule has 4 rings (SSSR count). The van der Waals surface area contributed by atoms with Gasteiger partial charge in [-0.3, -0.25) is 0 Å². The molecule has 3 nitrogen and oxygen atoms in total. The molecule has 2 atom stereocenters. The first-order chi connectivity index (χ1) is 13.6. The predicted octanol–water partition coefficient (Wildman–Crippen LogP) is 5.87. The number of rotatable bonds is 6. The van der Waals surface area contributed by atoms with E-state index in [4.69, 9.17) is 0 Å². The largest absolute Gasteiger partial charge is 0.372 e. The lowest BCUT2D eigenvalue weighted by molar-refractivity contribution is 0.379. The Morgan fingerprint density at radius 1 is 1.29 bits per heavy atom. The van der Waals surface area contributed by atoms with E-state index in [2.05, 4.69) is 59.5 Å². The van der Waals surface area contributed by atoms with Crippen molar-refractivity contribution in [2.75, 3.05) is 18.0 Å². The molecule has 0 N–H and O–H groups in total. The van der Waals surface area contributed by atoms with Crippen LogP contribution in [0.3, 0.4) is 0 Å². The molecule has 2 aromatic rings. The third kappa shape index (κ3) is 3.32. The van der Waals surface area contributed by atoms with E-state index >= 15 is 0 Å². The van der Waals surface area contributed by atoms with Crippen molar-refractivity contribution in [3.8, 4) is 0 Å². The molecule has 2 unspecified atom stereocenters. The summed E-state index contributed by atoms with van der Waals surface area (Å²) in [5.41, 5.74) is 5.53. The number of imidazole rings is 1. The second kappa shape index (κ2) is 7.78. The molecule has 1 aromatic heterocycles. The molecule has 2 heterocycles. The molecule has 0 radical (unpaired) electrons. The fourth-order valence-corrected chi connectivity index (χ4v) is 4.45. The molecule has 2 aliphatic rings. The number of hydrogen-bond acceptors (Lipinski definition) is 2. The van der Waals surface area contributed by atoms with Crippen LogP contribution in [0, 0.1) is 12.8 Å². The van der Waals surface area contributed by atoms with E-state index in [1.54, 1.807) is 6.08 Å². The summed E-state index contributed by atoms with van der Waals surface area (Å²) in [6, 6.07) is 8.71. The minimum Gasteiger partial charge on any atom is -0.372 e. The summed E-state index contributed by atoms with van der Waals surface area (Å²) in [6.45, 7) is 8.45. The van der Waals surface area contributed by atoms with Gasteiger partial charge in [0.1, 0.15) is 5.83 Å². The highest BCUT2D eigenvalue weighted by molar-refractivity contribution is 5.76. The van der Waals surface area contributed by atoms with Gasteiger partial charge < -0.3 is 9.47 Å². The summed E-state index contributed by atoms with van der Waals surface area (Å²) in [5, 5.41) is 0. The van der Waals surface area contributed by atoms with Crippen LogP contribution in [-0.4, -0.2) is 22.6 Å². The summed E-state index contributed by atoms with van der Waals surface area (Å²) < 4.78 is 17.1. The molecule has 146 valence electrons. The van der Waals surface area contributed by atoms with E-state index in [0.717, 1.165) is 42.8 Å². The van der Waals surface area contributed by atoms with Crippen molar-refractivity contribution >= 4 is 11.3 Å². The van der Waals surface area contributed by atoms with Crippen LogP contribution in [0.2, 0.25) is 0 Å². The minimum absolute atomic E-state index is 0.0142. The Balaban J connectivity index is 1.55. The fourth-order valence-electron chi connectivity index (χ4n) is 4.45. The lowest BCUT2D eigenvalue weighted by Crippen LogP contribution is -2.27. The van der Waals surface area contributed by atoms with Crippen LogP contribution in [0.1, 0.15) is 44.0 Å². The van der Waals surface area contributed by atoms with Crippen LogP contribution in [0.25, 0.3) is 5.57 Å². The van der Waals surface area contributed by atoms with Crippen LogP contribution in [0.5, 0.6) is 0 Å².